The van der Waals surface area contributed by atoms with Crippen molar-refractivity contribution in [1.29, 1.82) is 0 Å². The molecule has 1 atom stereocenters. The van der Waals surface area contributed by atoms with E-state index in [1.807, 2.05) is 6.92 Å². The second-order valence-corrected chi connectivity index (χ2v) is 7.29. The summed E-state index contributed by atoms with van der Waals surface area (Å²) in [4.78, 5) is 44.8. The number of pyridine rings is 1. The van der Waals surface area contributed by atoms with Crippen molar-refractivity contribution in [3.05, 3.63) is 45.5 Å². The third-order valence-electron chi connectivity index (χ3n) is 5.10. The van der Waals surface area contributed by atoms with E-state index in [-0.39, 0.29) is 17.0 Å². The summed E-state index contributed by atoms with van der Waals surface area (Å²) < 4.78 is 7.09. The first-order chi connectivity index (χ1) is 13.5. The van der Waals surface area contributed by atoms with Gasteiger partial charge in [-0.3, -0.25) is 14.3 Å². The van der Waals surface area contributed by atoms with Gasteiger partial charge in [0.1, 0.15) is 0 Å². The molecule has 0 aliphatic heterocycles. The quantitative estimate of drug-likeness (QED) is 0.524. The number of esters is 1. The number of hydrogen-bond donors (Lipinski definition) is 1. The zero-order valence-electron chi connectivity index (χ0n) is 17.6. The first-order valence-corrected chi connectivity index (χ1v) is 9.29. The van der Waals surface area contributed by atoms with Crippen LogP contribution in [0.25, 0.3) is 11.0 Å². The lowest BCUT2D eigenvalue weighted by atomic mass is 10.0. The summed E-state index contributed by atoms with van der Waals surface area (Å²) >= 11 is 0. The Labute approximate surface area is 168 Å². The van der Waals surface area contributed by atoms with Crippen LogP contribution in [0.5, 0.6) is 0 Å². The van der Waals surface area contributed by atoms with Crippen LogP contribution in [0.2, 0.25) is 0 Å². The van der Waals surface area contributed by atoms with E-state index in [9.17, 15) is 14.4 Å². The van der Waals surface area contributed by atoms with Crippen molar-refractivity contribution in [3.8, 4) is 0 Å². The summed E-state index contributed by atoms with van der Waals surface area (Å²) in [6.07, 6.45) is -1.02. The first kappa shape index (κ1) is 20.4. The Morgan fingerprint density at radius 3 is 2.38 bits per heavy atom. The van der Waals surface area contributed by atoms with Gasteiger partial charge in [-0.25, -0.2) is 9.78 Å². The zero-order valence-corrected chi connectivity index (χ0v) is 17.6. The smallest absolute Gasteiger partial charge is 0.340 e. The molecule has 0 fully saturated rings. The minimum atomic E-state index is -1.02. The molecule has 0 saturated heterocycles. The minimum absolute atomic E-state index is 0.123. The summed E-state index contributed by atoms with van der Waals surface area (Å²) in [5.74, 6) is -1.15. The van der Waals surface area contributed by atoms with E-state index < -0.39 is 17.9 Å². The lowest BCUT2D eigenvalue weighted by Crippen LogP contribution is -2.26. The van der Waals surface area contributed by atoms with Gasteiger partial charge in [-0.2, -0.15) is 5.10 Å². The number of hydrogen-bond acceptors (Lipinski definition) is 6. The number of carbonyl (C=O) groups excluding carboxylic acids is 3. The fourth-order valence-electron chi connectivity index (χ4n) is 3.64. The number of Topliss-reactive ketones (excluding diaryl/α,β-unsaturated/α-hetero) is 2. The van der Waals surface area contributed by atoms with E-state index >= 15 is 0 Å². The highest BCUT2D eigenvalue weighted by molar-refractivity contribution is 6.06. The fraction of sp³-hybridized carbons (Fsp3) is 0.381. The molecule has 0 radical (unpaired) electrons. The van der Waals surface area contributed by atoms with Gasteiger partial charge in [0.25, 0.3) is 0 Å². The topological polar surface area (TPSA) is 107 Å². The van der Waals surface area contributed by atoms with Crippen molar-refractivity contribution >= 4 is 28.6 Å². The van der Waals surface area contributed by atoms with Crippen LogP contribution >= 0.6 is 0 Å². The van der Waals surface area contributed by atoms with Crippen molar-refractivity contribution in [3.63, 3.8) is 0 Å². The molecule has 3 rings (SSSR count). The largest absolute Gasteiger partial charge is 0.451 e. The molecule has 8 heteroatoms. The van der Waals surface area contributed by atoms with E-state index in [4.69, 9.17) is 4.74 Å². The molecule has 3 aromatic rings. The molecular formula is C21H24N4O4. The molecule has 3 heterocycles. The van der Waals surface area contributed by atoms with Crippen molar-refractivity contribution < 1.29 is 19.1 Å². The molecule has 29 heavy (non-hydrogen) atoms. The van der Waals surface area contributed by atoms with E-state index in [2.05, 4.69) is 15.1 Å². The number of carbonyl (C=O) groups is 3. The van der Waals surface area contributed by atoms with Crippen LogP contribution in [0.3, 0.4) is 0 Å². The number of ketones is 2. The molecule has 0 aliphatic carbocycles. The number of aromatic nitrogens is 4. The Balaban J connectivity index is 1.88. The molecule has 3 aromatic heterocycles. The highest BCUT2D eigenvalue weighted by Crippen LogP contribution is 2.23. The average Bonchev–Trinajstić information content (AvgIpc) is 3.08. The molecule has 0 spiro atoms. The number of aromatic amines is 1. The number of nitrogens with one attached hydrogen (secondary N) is 1. The lowest BCUT2D eigenvalue weighted by Gasteiger charge is -2.13. The third kappa shape index (κ3) is 3.46. The Bertz CT molecular complexity index is 1170. The second-order valence-electron chi connectivity index (χ2n) is 7.29. The van der Waals surface area contributed by atoms with Gasteiger partial charge in [-0.05, 0) is 53.2 Å². The van der Waals surface area contributed by atoms with Gasteiger partial charge in [0, 0.05) is 23.7 Å². The summed E-state index contributed by atoms with van der Waals surface area (Å²) in [7, 11) is 1.79. The Morgan fingerprint density at radius 1 is 1.14 bits per heavy atom. The predicted octanol–water partition coefficient (Wildman–Crippen LogP) is 3.16. The number of nitrogens with zero attached hydrogens (tertiary/aromatic N) is 3. The van der Waals surface area contributed by atoms with Crippen LogP contribution in [0.1, 0.15) is 67.7 Å². The van der Waals surface area contributed by atoms with Crippen molar-refractivity contribution in [2.24, 2.45) is 7.05 Å². The monoisotopic (exact) mass is 396 g/mol. The zero-order chi connectivity index (χ0) is 21.6. The van der Waals surface area contributed by atoms with Gasteiger partial charge < -0.3 is 9.72 Å². The third-order valence-corrected chi connectivity index (χ3v) is 5.10. The van der Waals surface area contributed by atoms with Gasteiger partial charge in [-0.1, -0.05) is 0 Å². The standard InChI is InChI=1S/C21H24N4O4/c1-9-17(13(5)26)12(4)22-18(9)19(27)14(6)29-21(28)16-8-15-11(3)24-25(7)20(15)23-10(16)2/h8,14,22H,1-7H3/t14-/m0/s1. The number of ether oxygens (including phenoxy) is 1. The van der Waals surface area contributed by atoms with Gasteiger partial charge in [0.05, 0.1) is 22.6 Å². The number of fused-ring (bicyclic) bond motifs is 1. The lowest BCUT2D eigenvalue weighted by molar-refractivity contribution is 0.0316. The highest BCUT2D eigenvalue weighted by atomic mass is 16.5. The summed E-state index contributed by atoms with van der Waals surface area (Å²) in [5.41, 5.74) is 4.17. The van der Waals surface area contributed by atoms with Crippen LogP contribution < -0.4 is 0 Å². The molecule has 0 amide bonds. The van der Waals surface area contributed by atoms with Crippen LogP contribution in [0, 0.1) is 27.7 Å². The summed E-state index contributed by atoms with van der Waals surface area (Å²) in [5, 5.41) is 5.07. The minimum Gasteiger partial charge on any atom is -0.451 e. The maximum atomic E-state index is 12.8. The van der Waals surface area contributed by atoms with Crippen LogP contribution in [-0.4, -0.2) is 43.4 Å². The van der Waals surface area contributed by atoms with E-state index in [1.54, 1.807) is 38.6 Å². The molecule has 1 N–H and O–H groups in total. The van der Waals surface area contributed by atoms with Gasteiger partial charge in [0.2, 0.25) is 5.78 Å². The van der Waals surface area contributed by atoms with Crippen LogP contribution in [-0.2, 0) is 11.8 Å². The molecule has 0 aliphatic rings. The Kier molecular flexibility index (Phi) is 5.13. The highest BCUT2D eigenvalue weighted by Gasteiger charge is 2.27. The fourth-order valence-corrected chi connectivity index (χ4v) is 3.64. The van der Waals surface area contributed by atoms with Gasteiger partial charge in [0.15, 0.2) is 17.5 Å². The molecule has 0 aromatic carbocycles. The second kappa shape index (κ2) is 7.27. The van der Waals surface area contributed by atoms with Gasteiger partial charge in [-0.15, -0.1) is 0 Å². The number of H-pyrrole nitrogens is 1. The number of aryl methyl sites for hydroxylation is 4. The summed E-state index contributed by atoms with van der Waals surface area (Å²) in [6.45, 7) is 9.95. The van der Waals surface area contributed by atoms with Crippen LogP contribution in [0.4, 0.5) is 0 Å². The predicted molar refractivity (Wildman–Crippen MR) is 107 cm³/mol. The van der Waals surface area contributed by atoms with Crippen molar-refractivity contribution in [2.45, 2.75) is 47.6 Å². The normalized spacial score (nSPS) is 12.2. The first-order valence-electron chi connectivity index (χ1n) is 9.29. The van der Waals surface area contributed by atoms with E-state index in [1.165, 1.54) is 13.8 Å². The summed E-state index contributed by atoms with van der Waals surface area (Å²) in [6, 6.07) is 1.69. The van der Waals surface area contributed by atoms with Crippen molar-refractivity contribution in [2.75, 3.05) is 0 Å². The molecular weight excluding hydrogens is 372 g/mol. The molecule has 152 valence electrons. The maximum absolute atomic E-state index is 12.8. The molecule has 0 unspecified atom stereocenters. The molecule has 0 bridgehead atoms. The van der Waals surface area contributed by atoms with E-state index in [0.717, 1.165) is 11.1 Å². The van der Waals surface area contributed by atoms with E-state index in [0.29, 0.717) is 28.2 Å². The Hall–Kier alpha value is -3.29. The number of rotatable bonds is 5. The van der Waals surface area contributed by atoms with Crippen molar-refractivity contribution in [1.82, 2.24) is 19.7 Å². The average molecular weight is 396 g/mol. The maximum Gasteiger partial charge on any atom is 0.340 e. The van der Waals surface area contributed by atoms with Gasteiger partial charge >= 0.3 is 5.97 Å². The Morgan fingerprint density at radius 2 is 1.79 bits per heavy atom. The molecule has 0 saturated carbocycles. The SMILES string of the molecule is CC(=O)c1c(C)[nH]c(C(=O)[C@H](C)OC(=O)c2cc3c(C)nn(C)c3nc2C)c1C. The van der Waals surface area contributed by atoms with Crippen LogP contribution in [0.15, 0.2) is 6.07 Å². The molecule has 8 nitrogen and oxygen atoms in total.